The van der Waals surface area contributed by atoms with Crippen LogP contribution < -0.4 is 0 Å². The van der Waals surface area contributed by atoms with Crippen molar-refractivity contribution in [3.05, 3.63) is 140 Å². The van der Waals surface area contributed by atoms with Crippen LogP contribution in [-0.4, -0.2) is 4.98 Å². The lowest BCUT2D eigenvalue weighted by Gasteiger charge is -2.13. The van der Waals surface area contributed by atoms with Gasteiger partial charge in [-0.1, -0.05) is 103 Å². The highest BCUT2D eigenvalue weighted by molar-refractivity contribution is 6.31. The summed E-state index contributed by atoms with van der Waals surface area (Å²) in [5.74, 6) is 0. The van der Waals surface area contributed by atoms with Gasteiger partial charge in [-0.3, -0.25) is 0 Å². The molecule has 9 aromatic rings. The molecular weight excluding hydrogens is 514 g/mol. The molecule has 0 radical (unpaired) electrons. The van der Waals surface area contributed by atoms with Gasteiger partial charge in [-0.2, -0.15) is 0 Å². The predicted molar refractivity (Wildman–Crippen MR) is 173 cm³/mol. The minimum Gasteiger partial charge on any atom is -0.456 e. The molecule has 3 aromatic heterocycles. The van der Waals surface area contributed by atoms with E-state index < -0.39 is 0 Å². The first kappa shape index (κ1) is 23.1. The Morgan fingerprint density at radius 1 is 0.357 bits per heavy atom. The summed E-state index contributed by atoms with van der Waals surface area (Å²) < 4.78 is 12.9. The monoisotopic (exact) mass is 537 g/mol. The molecule has 0 saturated heterocycles. The van der Waals surface area contributed by atoms with Crippen molar-refractivity contribution in [2.45, 2.75) is 0 Å². The average Bonchev–Trinajstić information content (AvgIpc) is 3.63. The Morgan fingerprint density at radius 3 is 1.71 bits per heavy atom. The molecular formula is C39H23NO2. The van der Waals surface area contributed by atoms with Crippen LogP contribution in [0.15, 0.2) is 148 Å². The number of aromatic nitrogens is 1. The average molecular weight is 538 g/mol. The van der Waals surface area contributed by atoms with Crippen LogP contribution in [0.2, 0.25) is 0 Å². The molecule has 6 aromatic carbocycles. The fourth-order valence-electron chi connectivity index (χ4n) is 6.37. The van der Waals surface area contributed by atoms with Crippen LogP contribution >= 0.6 is 0 Å². The van der Waals surface area contributed by atoms with Crippen molar-refractivity contribution in [1.29, 1.82) is 0 Å². The first-order chi connectivity index (χ1) is 20.8. The SMILES string of the molecule is c1ccc(-c2cc(-c3ccccc3)nc(-c3cc4oc5ccc6oc7ccccc7c6c5c4c4ccccc34)c2)cc1. The molecule has 0 aliphatic rings. The Labute approximate surface area is 241 Å². The van der Waals surface area contributed by atoms with Gasteiger partial charge in [0.2, 0.25) is 0 Å². The lowest BCUT2D eigenvalue weighted by atomic mass is 9.94. The molecule has 0 saturated carbocycles. The summed E-state index contributed by atoms with van der Waals surface area (Å²) >= 11 is 0. The second-order valence-electron chi connectivity index (χ2n) is 10.7. The van der Waals surface area contributed by atoms with Gasteiger partial charge in [0.1, 0.15) is 22.3 Å². The number of fused-ring (bicyclic) bond motifs is 9. The molecule has 0 spiro atoms. The number of rotatable bonds is 3. The topological polar surface area (TPSA) is 39.2 Å². The standard InChI is InChI=1S/C39H23NO2/c1-3-11-24(12-4-1)26-21-31(25-13-5-2-6-14-25)40-32(22-26)30-23-36-37(28-16-8-7-15-27(28)30)39-35(42-36)20-19-34-38(39)29-17-9-10-18-33(29)41-34/h1-23H. The maximum atomic E-state index is 6.61. The summed E-state index contributed by atoms with van der Waals surface area (Å²) in [6.45, 7) is 0. The molecule has 0 bridgehead atoms. The number of pyridine rings is 1. The molecule has 0 amide bonds. The highest BCUT2D eigenvalue weighted by atomic mass is 16.3. The van der Waals surface area contributed by atoms with Gasteiger partial charge in [-0.15, -0.1) is 0 Å². The zero-order chi connectivity index (χ0) is 27.6. The molecule has 196 valence electrons. The molecule has 3 heteroatoms. The lowest BCUT2D eigenvalue weighted by molar-refractivity contribution is 0.663. The van der Waals surface area contributed by atoms with Gasteiger partial charge in [-0.25, -0.2) is 4.98 Å². The summed E-state index contributed by atoms with van der Waals surface area (Å²) in [6, 6.07) is 48.2. The predicted octanol–water partition coefficient (Wildman–Crippen LogP) is 11.0. The Balaban J connectivity index is 1.38. The van der Waals surface area contributed by atoms with Crippen molar-refractivity contribution in [2.24, 2.45) is 0 Å². The van der Waals surface area contributed by atoms with Crippen molar-refractivity contribution in [3.8, 4) is 33.6 Å². The Morgan fingerprint density at radius 2 is 0.929 bits per heavy atom. The molecule has 0 aliphatic carbocycles. The second-order valence-corrected chi connectivity index (χ2v) is 10.7. The summed E-state index contributed by atoms with van der Waals surface area (Å²) in [5.41, 5.74) is 9.68. The maximum Gasteiger partial charge on any atom is 0.136 e. The van der Waals surface area contributed by atoms with Crippen LogP contribution in [0, 0.1) is 0 Å². The highest BCUT2D eigenvalue weighted by Gasteiger charge is 2.20. The molecule has 42 heavy (non-hydrogen) atoms. The number of nitrogens with zero attached hydrogens (tertiary/aromatic N) is 1. The van der Waals surface area contributed by atoms with E-state index in [1.165, 1.54) is 0 Å². The van der Waals surface area contributed by atoms with Gasteiger partial charge in [0.05, 0.1) is 11.4 Å². The Bertz CT molecular complexity index is 2390. The van der Waals surface area contributed by atoms with E-state index in [-0.39, 0.29) is 0 Å². The molecule has 0 fully saturated rings. The van der Waals surface area contributed by atoms with Crippen LogP contribution in [-0.2, 0) is 0 Å². The number of hydrogen-bond donors (Lipinski definition) is 0. The van der Waals surface area contributed by atoms with E-state index >= 15 is 0 Å². The van der Waals surface area contributed by atoms with Gasteiger partial charge in [0, 0.05) is 32.7 Å². The van der Waals surface area contributed by atoms with Crippen LogP contribution in [0.1, 0.15) is 0 Å². The Hall–Kier alpha value is -5.67. The molecule has 0 aliphatic heterocycles. The molecule has 3 heterocycles. The van der Waals surface area contributed by atoms with E-state index in [2.05, 4.69) is 103 Å². The van der Waals surface area contributed by atoms with Gasteiger partial charge in [-0.05, 0) is 58.3 Å². The first-order valence-electron chi connectivity index (χ1n) is 14.1. The fraction of sp³-hybridized carbons (Fsp3) is 0. The van der Waals surface area contributed by atoms with Crippen LogP contribution in [0.5, 0.6) is 0 Å². The van der Waals surface area contributed by atoms with E-state index in [9.17, 15) is 0 Å². The van der Waals surface area contributed by atoms with Crippen molar-refractivity contribution < 1.29 is 8.83 Å². The van der Waals surface area contributed by atoms with Crippen molar-refractivity contribution in [3.63, 3.8) is 0 Å². The van der Waals surface area contributed by atoms with E-state index in [4.69, 9.17) is 13.8 Å². The number of hydrogen-bond acceptors (Lipinski definition) is 3. The lowest BCUT2D eigenvalue weighted by Crippen LogP contribution is -1.92. The third kappa shape index (κ3) is 3.44. The van der Waals surface area contributed by atoms with Crippen molar-refractivity contribution in [1.82, 2.24) is 4.98 Å². The second kappa shape index (κ2) is 8.92. The third-order valence-electron chi connectivity index (χ3n) is 8.26. The van der Waals surface area contributed by atoms with E-state index in [0.29, 0.717) is 0 Å². The zero-order valence-corrected chi connectivity index (χ0v) is 22.5. The summed E-state index contributed by atoms with van der Waals surface area (Å²) in [5, 5.41) is 6.65. The quantitative estimate of drug-likeness (QED) is 0.225. The van der Waals surface area contributed by atoms with Gasteiger partial charge in [0.15, 0.2) is 0 Å². The number of benzene rings is 6. The summed E-state index contributed by atoms with van der Waals surface area (Å²) in [6.07, 6.45) is 0. The number of furan rings is 2. The van der Waals surface area contributed by atoms with Gasteiger partial charge >= 0.3 is 0 Å². The first-order valence-corrected chi connectivity index (χ1v) is 14.1. The smallest absolute Gasteiger partial charge is 0.136 e. The molecule has 0 atom stereocenters. The molecule has 0 unspecified atom stereocenters. The minimum absolute atomic E-state index is 0.838. The maximum absolute atomic E-state index is 6.61. The minimum atomic E-state index is 0.838. The van der Waals surface area contributed by atoms with E-state index in [1.807, 2.05) is 36.4 Å². The van der Waals surface area contributed by atoms with E-state index in [1.54, 1.807) is 0 Å². The van der Waals surface area contributed by atoms with Crippen molar-refractivity contribution >= 4 is 54.6 Å². The summed E-state index contributed by atoms with van der Waals surface area (Å²) in [7, 11) is 0. The van der Waals surface area contributed by atoms with Crippen LogP contribution in [0.25, 0.3) is 88.3 Å². The van der Waals surface area contributed by atoms with Crippen molar-refractivity contribution in [2.75, 3.05) is 0 Å². The molecule has 3 nitrogen and oxygen atoms in total. The van der Waals surface area contributed by atoms with Gasteiger partial charge < -0.3 is 8.83 Å². The highest BCUT2D eigenvalue weighted by Crippen LogP contribution is 2.45. The number of para-hydroxylation sites is 1. The fourth-order valence-corrected chi connectivity index (χ4v) is 6.37. The molecule has 9 rings (SSSR count). The van der Waals surface area contributed by atoms with Crippen LogP contribution in [0.3, 0.4) is 0 Å². The largest absolute Gasteiger partial charge is 0.456 e. The van der Waals surface area contributed by atoms with E-state index in [0.717, 1.165) is 88.3 Å². The summed E-state index contributed by atoms with van der Waals surface area (Å²) in [4.78, 5) is 5.24. The third-order valence-corrected chi connectivity index (χ3v) is 8.26. The van der Waals surface area contributed by atoms with Gasteiger partial charge in [0.25, 0.3) is 0 Å². The Kier molecular flexibility index (Phi) is 4.90. The van der Waals surface area contributed by atoms with Crippen LogP contribution in [0.4, 0.5) is 0 Å². The molecule has 0 N–H and O–H groups in total. The zero-order valence-electron chi connectivity index (χ0n) is 22.5. The normalized spacial score (nSPS) is 11.8.